The SMILES string of the molecule is CC[C@H](C)[C@@H]([C@@H](CC(=O)N1CCC[C@H]1[C@H](OC)[C@@H](C)C(=O)N[C@@H](Cc1ccccc1)C(=O)O)OC)N(C)C(=O)[C@@H](NC(=O)C(C(C)C)N(C)C(=O)CCCCCN1C(=O)CC(SC2CCCCCCCC2)C1=O)C(C)C. The molecule has 0 spiro atoms. The van der Waals surface area contributed by atoms with E-state index in [1.165, 1.54) is 62.5 Å². The first-order valence-corrected chi connectivity index (χ1v) is 29.4. The molecule has 0 bridgehead atoms. The molecule has 2 aliphatic heterocycles. The molecule has 1 aliphatic carbocycles. The number of hydrogen-bond acceptors (Lipinski definition) is 11. The predicted molar refractivity (Wildman–Crippen MR) is 296 cm³/mol. The number of amides is 7. The molecule has 3 aliphatic rings. The topological polar surface area (TPSA) is 212 Å². The first-order valence-electron chi connectivity index (χ1n) is 28.4. The largest absolute Gasteiger partial charge is 0.480 e. The van der Waals surface area contributed by atoms with Gasteiger partial charge in [-0.1, -0.05) is 130 Å². The van der Waals surface area contributed by atoms with E-state index in [-0.39, 0.29) is 78.2 Å². The normalized spacial score (nSPS) is 20.9. The molecule has 17 nitrogen and oxygen atoms in total. The van der Waals surface area contributed by atoms with Crippen molar-refractivity contribution >= 4 is 59.1 Å². The van der Waals surface area contributed by atoms with Crippen molar-refractivity contribution in [3.05, 3.63) is 35.9 Å². The van der Waals surface area contributed by atoms with Crippen molar-refractivity contribution in [2.45, 2.75) is 217 Å². The van der Waals surface area contributed by atoms with Crippen LogP contribution in [0.15, 0.2) is 30.3 Å². The number of carboxylic acid groups (broad SMARTS) is 1. The number of carboxylic acids is 1. The standard InChI is InChI=1S/C58H94N6O11S/c1-12-39(6)52(45(74-10)35-48(66)63-33-25-30-44(63)53(75-11)40(7)54(68)59-43(58(72)73)34-41-26-19-17-20-27-41)62(9)57(71)50(37(2)3)60-55(69)51(38(4)5)61(8)47(65)31-23-18-24-32-64-49(67)36-46(56(64)70)76-42-28-21-15-13-14-16-22-29-42/h17,19-20,26-27,37-40,42-46,50-53H,12-16,18,21-25,28-36H2,1-11H3,(H,59,68)(H,60,69)(H,72,73)/t39-,40+,43-,44-,45+,46?,50-,51?,52-,53+/m0/s1. The molecule has 4 rings (SSSR count). The maximum Gasteiger partial charge on any atom is 0.326 e. The summed E-state index contributed by atoms with van der Waals surface area (Å²) in [5, 5.41) is 15.8. The van der Waals surface area contributed by atoms with Gasteiger partial charge in [-0.15, -0.1) is 11.8 Å². The van der Waals surface area contributed by atoms with Crippen LogP contribution in [0.3, 0.4) is 0 Å². The van der Waals surface area contributed by atoms with Gasteiger partial charge in [0.1, 0.15) is 18.1 Å². The number of carbonyl (C=O) groups excluding carboxylic acids is 7. The molecule has 76 heavy (non-hydrogen) atoms. The lowest BCUT2D eigenvalue weighted by atomic mass is 9.89. The minimum absolute atomic E-state index is 0.0790. The van der Waals surface area contributed by atoms with Gasteiger partial charge >= 0.3 is 5.97 Å². The molecule has 428 valence electrons. The molecular formula is C58H94N6O11S. The highest BCUT2D eigenvalue weighted by atomic mass is 32.2. The first-order chi connectivity index (χ1) is 36.2. The van der Waals surface area contributed by atoms with Crippen molar-refractivity contribution in [1.29, 1.82) is 0 Å². The summed E-state index contributed by atoms with van der Waals surface area (Å²) in [4.78, 5) is 115. The Morgan fingerprint density at radius 3 is 2.01 bits per heavy atom. The molecule has 3 fully saturated rings. The summed E-state index contributed by atoms with van der Waals surface area (Å²) >= 11 is 1.70. The number of nitrogens with one attached hydrogen (secondary N) is 2. The van der Waals surface area contributed by atoms with Crippen molar-refractivity contribution in [3.63, 3.8) is 0 Å². The molecule has 10 atom stereocenters. The van der Waals surface area contributed by atoms with E-state index in [4.69, 9.17) is 9.47 Å². The van der Waals surface area contributed by atoms with Crippen LogP contribution in [-0.4, -0.2) is 166 Å². The average Bonchev–Trinajstić information content (AvgIpc) is 4.01. The molecule has 7 amide bonds. The number of hydrogen-bond donors (Lipinski definition) is 3. The fourth-order valence-corrected chi connectivity index (χ4v) is 13.1. The number of nitrogens with zero attached hydrogens (tertiary/aromatic N) is 4. The second kappa shape index (κ2) is 31.8. The summed E-state index contributed by atoms with van der Waals surface area (Å²) in [6.45, 7) is 13.8. The van der Waals surface area contributed by atoms with Crippen molar-refractivity contribution in [1.82, 2.24) is 30.2 Å². The molecular weight excluding hydrogens is 989 g/mol. The minimum Gasteiger partial charge on any atom is -0.480 e. The summed E-state index contributed by atoms with van der Waals surface area (Å²) in [6.07, 6.45) is 12.2. The zero-order valence-electron chi connectivity index (χ0n) is 47.8. The van der Waals surface area contributed by atoms with E-state index in [2.05, 4.69) is 10.6 Å². The number of benzene rings is 1. The molecule has 0 radical (unpaired) electrons. The summed E-state index contributed by atoms with van der Waals surface area (Å²) in [5.74, 6) is -4.70. The Bertz CT molecular complexity index is 2050. The predicted octanol–water partition coefficient (Wildman–Crippen LogP) is 7.27. The quantitative estimate of drug-likeness (QED) is 0.0534. The summed E-state index contributed by atoms with van der Waals surface area (Å²) in [7, 11) is 6.27. The highest BCUT2D eigenvalue weighted by Crippen LogP contribution is 2.35. The van der Waals surface area contributed by atoms with Gasteiger partial charge in [-0.3, -0.25) is 38.5 Å². The third-order valence-electron chi connectivity index (χ3n) is 16.2. The Hall–Kier alpha value is -4.55. The number of likely N-dealkylation sites (tertiary alicyclic amines) is 2. The molecule has 3 N–H and O–H groups in total. The van der Waals surface area contributed by atoms with E-state index < -0.39 is 66.1 Å². The van der Waals surface area contributed by atoms with Crippen LogP contribution in [0.4, 0.5) is 0 Å². The summed E-state index contributed by atoms with van der Waals surface area (Å²) in [5.41, 5.74) is 0.765. The highest BCUT2D eigenvalue weighted by molar-refractivity contribution is 8.01. The third-order valence-corrected chi connectivity index (χ3v) is 17.8. The first kappa shape index (κ1) is 64.0. The molecule has 1 aromatic carbocycles. The van der Waals surface area contributed by atoms with Gasteiger partial charge in [-0.05, 0) is 61.8 Å². The van der Waals surface area contributed by atoms with Crippen LogP contribution in [0.2, 0.25) is 0 Å². The average molecular weight is 1080 g/mol. The van der Waals surface area contributed by atoms with Gasteiger partial charge < -0.3 is 39.9 Å². The maximum atomic E-state index is 14.7. The number of ether oxygens (including phenoxy) is 2. The number of unbranched alkanes of at least 4 members (excludes halogenated alkanes) is 2. The van der Waals surface area contributed by atoms with Crippen LogP contribution >= 0.6 is 11.8 Å². The number of likely N-dealkylation sites (N-methyl/N-ethyl adjacent to an activating group) is 2. The van der Waals surface area contributed by atoms with Crippen LogP contribution in [0.5, 0.6) is 0 Å². The van der Waals surface area contributed by atoms with E-state index >= 15 is 0 Å². The Morgan fingerprint density at radius 1 is 0.789 bits per heavy atom. The number of methoxy groups -OCH3 is 2. The van der Waals surface area contributed by atoms with Gasteiger partial charge in [0.15, 0.2) is 0 Å². The van der Waals surface area contributed by atoms with Gasteiger partial charge in [0.05, 0.1) is 41.9 Å². The lowest BCUT2D eigenvalue weighted by molar-refractivity contribution is -0.149. The van der Waals surface area contributed by atoms with Crippen LogP contribution in [0.25, 0.3) is 0 Å². The maximum absolute atomic E-state index is 14.7. The second-order valence-corrected chi connectivity index (χ2v) is 24.0. The lowest BCUT2D eigenvalue weighted by Gasteiger charge is -2.41. The van der Waals surface area contributed by atoms with E-state index in [0.717, 1.165) is 18.4 Å². The van der Waals surface area contributed by atoms with Crippen molar-refractivity contribution in [2.75, 3.05) is 41.4 Å². The monoisotopic (exact) mass is 1080 g/mol. The third kappa shape index (κ3) is 18.0. The van der Waals surface area contributed by atoms with Gasteiger partial charge in [0.2, 0.25) is 41.4 Å². The smallest absolute Gasteiger partial charge is 0.326 e. The van der Waals surface area contributed by atoms with Crippen LogP contribution in [0.1, 0.15) is 163 Å². The number of rotatable bonds is 29. The molecule has 2 unspecified atom stereocenters. The van der Waals surface area contributed by atoms with Gasteiger partial charge in [-0.2, -0.15) is 0 Å². The van der Waals surface area contributed by atoms with Crippen LogP contribution in [-0.2, 0) is 54.3 Å². The lowest BCUT2D eigenvalue weighted by Crippen LogP contribution is -2.60. The summed E-state index contributed by atoms with van der Waals surface area (Å²) < 4.78 is 12.0. The van der Waals surface area contributed by atoms with Crippen molar-refractivity contribution < 1.29 is 52.9 Å². The van der Waals surface area contributed by atoms with E-state index in [0.29, 0.717) is 56.9 Å². The number of imide groups is 1. The molecule has 1 saturated carbocycles. The molecule has 2 heterocycles. The Labute approximate surface area is 458 Å². The zero-order valence-corrected chi connectivity index (χ0v) is 48.6. The fourth-order valence-electron chi connectivity index (χ4n) is 11.6. The highest BCUT2D eigenvalue weighted by Gasteiger charge is 2.44. The summed E-state index contributed by atoms with van der Waals surface area (Å²) in [6, 6.07) is 4.99. The van der Waals surface area contributed by atoms with Crippen molar-refractivity contribution in [2.24, 2.45) is 23.7 Å². The number of aliphatic carboxylic acids is 1. The Morgan fingerprint density at radius 2 is 1.43 bits per heavy atom. The molecule has 1 aromatic rings. The van der Waals surface area contributed by atoms with E-state index in [1.807, 2.05) is 59.7 Å². The Balaban J connectivity index is 1.35. The zero-order chi connectivity index (χ0) is 56.2. The van der Waals surface area contributed by atoms with Gasteiger partial charge in [-0.25, -0.2) is 4.79 Å². The minimum atomic E-state index is -1.16. The molecule has 0 aromatic heterocycles. The molecule has 2 saturated heterocycles. The van der Waals surface area contributed by atoms with E-state index in [1.54, 1.807) is 54.7 Å². The number of thioether (sulfide) groups is 1. The van der Waals surface area contributed by atoms with Gasteiger partial charge in [0.25, 0.3) is 0 Å². The van der Waals surface area contributed by atoms with Gasteiger partial charge in [0, 0.05) is 65.9 Å². The van der Waals surface area contributed by atoms with Crippen molar-refractivity contribution in [3.8, 4) is 0 Å². The van der Waals surface area contributed by atoms with Crippen LogP contribution < -0.4 is 10.6 Å². The fraction of sp³-hybridized carbons (Fsp3) is 0.759. The Kier molecular flexibility index (Phi) is 26.7. The van der Waals surface area contributed by atoms with E-state index in [9.17, 15) is 43.5 Å². The molecule has 18 heteroatoms. The van der Waals surface area contributed by atoms with Crippen LogP contribution in [0, 0.1) is 23.7 Å². The second-order valence-electron chi connectivity index (χ2n) is 22.4. The number of carbonyl (C=O) groups is 8.